The zero-order valence-electron chi connectivity index (χ0n) is 7.20. The van der Waals surface area contributed by atoms with Crippen molar-refractivity contribution in [3.05, 3.63) is 16.0 Å². The van der Waals surface area contributed by atoms with Crippen molar-refractivity contribution in [2.75, 3.05) is 7.05 Å². The van der Waals surface area contributed by atoms with Gasteiger partial charge in [-0.15, -0.1) is 16.5 Å². The van der Waals surface area contributed by atoms with E-state index >= 15 is 0 Å². The molecule has 0 saturated heterocycles. The first-order valence-corrected chi connectivity index (χ1v) is 4.29. The molecule has 0 aromatic carbocycles. The fraction of sp³-hybridized carbons (Fsp3) is 0.250. The normalized spacial score (nSPS) is 9.85. The molecule has 0 aliphatic carbocycles. The van der Waals surface area contributed by atoms with Crippen molar-refractivity contribution in [2.24, 2.45) is 10.2 Å². The van der Waals surface area contributed by atoms with Crippen molar-refractivity contribution in [3.8, 4) is 12.1 Å². The smallest absolute Gasteiger partial charge is 0.157 e. The standard InChI is InChI=1S/C8H6N4S/c1-5-6(3-9)8(12-11-2)13-7(5)4-10/h1-2H3/b12-11+. The minimum absolute atomic E-state index is 0.451. The molecule has 0 atom stereocenters. The molecule has 0 aliphatic heterocycles. The highest BCUT2D eigenvalue weighted by molar-refractivity contribution is 7.16. The van der Waals surface area contributed by atoms with Crippen molar-refractivity contribution in [2.45, 2.75) is 6.92 Å². The second-order valence-electron chi connectivity index (χ2n) is 2.26. The molecule has 1 aromatic heterocycles. The third-order valence-corrected chi connectivity index (χ3v) is 2.61. The molecule has 0 fully saturated rings. The molecule has 1 rings (SSSR count). The first-order chi connectivity index (χ1) is 6.24. The van der Waals surface area contributed by atoms with Gasteiger partial charge < -0.3 is 0 Å². The van der Waals surface area contributed by atoms with Crippen LogP contribution in [0.5, 0.6) is 0 Å². The van der Waals surface area contributed by atoms with Gasteiger partial charge in [0.25, 0.3) is 0 Å². The summed E-state index contributed by atoms with van der Waals surface area (Å²) >= 11 is 1.19. The van der Waals surface area contributed by atoms with Crippen LogP contribution in [0.3, 0.4) is 0 Å². The van der Waals surface area contributed by atoms with Gasteiger partial charge in [0.05, 0.1) is 5.56 Å². The Hall–Kier alpha value is -1.72. The van der Waals surface area contributed by atoms with E-state index in [0.717, 1.165) is 0 Å². The summed E-state index contributed by atoms with van der Waals surface area (Å²) in [6, 6.07) is 4.02. The Labute approximate surface area is 79.8 Å². The predicted octanol–water partition coefficient (Wildman–Crippen LogP) is 2.51. The Morgan fingerprint density at radius 1 is 1.31 bits per heavy atom. The monoisotopic (exact) mass is 190 g/mol. The third-order valence-electron chi connectivity index (χ3n) is 1.53. The van der Waals surface area contributed by atoms with E-state index in [0.29, 0.717) is 21.0 Å². The van der Waals surface area contributed by atoms with Crippen LogP contribution in [0.1, 0.15) is 16.0 Å². The van der Waals surface area contributed by atoms with Crippen LogP contribution in [0.15, 0.2) is 10.2 Å². The lowest BCUT2D eigenvalue weighted by molar-refractivity contribution is 1.18. The number of azo groups is 1. The molecule has 13 heavy (non-hydrogen) atoms. The average Bonchev–Trinajstić information content (AvgIpc) is 2.43. The Balaban J connectivity index is 3.40. The van der Waals surface area contributed by atoms with E-state index in [4.69, 9.17) is 10.5 Å². The van der Waals surface area contributed by atoms with E-state index in [1.165, 1.54) is 18.4 Å². The van der Waals surface area contributed by atoms with E-state index < -0.39 is 0 Å². The Bertz CT molecular complexity index is 430. The molecular formula is C8H6N4S. The van der Waals surface area contributed by atoms with Crippen LogP contribution < -0.4 is 0 Å². The van der Waals surface area contributed by atoms with Crippen molar-refractivity contribution in [1.29, 1.82) is 10.5 Å². The molecule has 0 aliphatic rings. The van der Waals surface area contributed by atoms with E-state index in [-0.39, 0.29) is 0 Å². The van der Waals surface area contributed by atoms with Gasteiger partial charge >= 0.3 is 0 Å². The topological polar surface area (TPSA) is 72.3 Å². The summed E-state index contributed by atoms with van der Waals surface area (Å²) in [5, 5.41) is 25.3. The van der Waals surface area contributed by atoms with Gasteiger partial charge in [0.15, 0.2) is 5.00 Å². The highest BCUT2D eigenvalue weighted by Gasteiger charge is 2.13. The molecule has 0 saturated carbocycles. The summed E-state index contributed by atoms with van der Waals surface area (Å²) in [6.07, 6.45) is 0. The molecule has 0 spiro atoms. The zero-order valence-corrected chi connectivity index (χ0v) is 8.01. The van der Waals surface area contributed by atoms with Gasteiger partial charge in [-0.2, -0.15) is 15.6 Å². The summed E-state index contributed by atoms with van der Waals surface area (Å²) in [5.41, 5.74) is 1.14. The lowest BCUT2D eigenvalue weighted by Gasteiger charge is -1.85. The molecule has 4 nitrogen and oxygen atoms in total. The fourth-order valence-corrected chi connectivity index (χ4v) is 1.82. The minimum Gasteiger partial charge on any atom is -0.192 e. The Morgan fingerprint density at radius 3 is 2.46 bits per heavy atom. The number of nitrogens with zero attached hydrogens (tertiary/aromatic N) is 4. The number of rotatable bonds is 1. The van der Waals surface area contributed by atoms with Gasteiger partial charge in [-0.1, -0.05) is 0 Å². The maximum Gasteiger partial charge on any atom is 0.157 e. The predicted molar refractivity (Wildman–Crippen MR) is 48.9 cm³/mol. The van der Waals surface area contributed by atoms with Gasteiger partial charge in [0.2, 0.25) is 0 Å². The van der Waals surface area contributed by atoms with Gasteiger partial charge in [0.1, 0.15) is 17.0 Å². The molecule has 1 aromatic rings. The van der Waals surface area contributed by atoms with Crippen LogP contribution >= 0.6 is 11.3 Å². The molecular weight excluding hydrogens is 184 g/mol. The van der Waals surface area contributed by atoms with Crippen molar-refractivity contribution >= 4 is 16.3 Å². The second-order valence-corrected chi connectivity index (χ2v) is 3.26. The number of nitriles is 2. The fourth-order valence-electron chi connectivity index (χ4n) is 0.898. The van der Waals surface area contributed by atoms with Crippen molar-refractivity contribution in [3.63, 3.8) is 0 Å². The second kappa shape index (κ2) is 3.79. The first-order valence-electron chi connectivity index (χ1n) is 3.48. The van der Waals surface area contributed by atoms with Gasteiger partial charge in [-0.05, 0) is 12.5 Å². The van der Waals surface area contributed by atoms with E-state index in [1.54, 1.807) is 6.92 Å². The minimum atomic E-state index is 0.451. The Morgan fingerprint density at radius 2 is 2.00 bits per heavy atom. The van der Waals surface area contributed by atoms with Gasteiger partial charge in [0, 0.05) is 7.05 Å². The number of thiophene rings is 1. The molecule has 0 amide bonds. The van der Waals surface area contributed by atoms with Crippen LogP contribution in [-0.4, -0.2) is 7.05 Å². The first kappa shape index (κ1) is 9.37. The number of hydrogen-bond donors (Lipinski definition) is 0. The summed E-state index contributed by atoms with van der Waals surface area (Å²) in [6.45, 7) is 1.74. The molecule has 0 N–H and O–H groups in total. The van der Waals surface area contributed by atoms with E-state index in [9.17, 15) is 0 Å². The quantitative estimate of drug-likeness (QED) is 0.638. The average molecular weight is 190 g/mol. The van der Waals surface area contributed by atoms with Crippen molar-refractivity contribution < 1.29 is 0 Å². The van der Waals surface area contributed by atoms with Crippen LogP contribution in [0, 0.1) is 29.6 Å². The maximum atomic E-state index is 8.78. The maximum absolute atomic E-state index is 8.78. The summed E-state index contributed by atoms with van der Waals surface area (Å²) in [7, 11) is 1.53. The summed E-state index contributed by atoms with van der Waals surface area (Å²) < 4.78 is 0. The third kappa shape index (κ3) is 1.56. The van der Waals surface area contributed by atoms with Crippen LogP contribution in [0.25, 0.3) is 0 Å². The molecule has 1 heterocycles. The summed E-state index contributed by atoms with van der Waals surface area (Å²) in [5.74, 6) is 0. The number of hydrogen-bond acceptors (Lipinski definition) is 5. The van der Waals surface area contributed by atoms with Crippen molar-refractivity contribution in [1.82, 2.24) is 0 Å². The molecule has 0 bridgehead atoms. The lowest BCUT2D eigenvalue weighted by atomic mass is 10.2. The molecule has 64 valence electrons. The van der Waals surface area contributed by atoms with Gasteiger partial charge in [-0.25, -0.2) is 0 Å². The van der Waals surface area contributed by atoms with Gasteiger partial charge in [-0.3, -0.25) is 0 Å². The largest absolute Gasteiger partial charge is 0.192 e. The zero-order chi connectivity index (χ0) is 9.84. The molecule has 5 heteroatoms. The van der Waals surface area contributed by atoms with Crippen LogP contribution in [-0.2, 0) is 0 Å². The SMILES string of the molecule is C/N=N/c1sc(C#N)c(C)c1C#N. The highest BCUT2D eigenvalue weighted by Crippen LogP contribution is 2.34. The molecule has 0 unspecified atom stereocenters. The van der Waals surface area contributed by atoms with E-state index in [2.05, 4.69) is 10.2 Å². The lowest BCUT2D eigenvalue weighted by Crippen LogP contribution is -1.75. The van der Waals surface area contributed by atoms with Crippen LogP contribution in [0.4, 0.5) is 5.00 Å². The van der Waals surface area contributed by atoms with Crippen LogP contribution in [0.2, 0.25) is 0 Å². The summed E-state index contributed by atoms with van der Waals surface area (Å²) in [4.78, 5) is 0.527. The molecule has 0 radical (unpaired) electrons. The Kier molecular flexibility index (Phi) is 2.73. The van der Waals surface area contributed by atoms with E-state index in [1.807, 2.05) is 12.1 Å². The highest BCUT2D eigenvalue weighted by atomic mass is 32.1.